The first-order valence-electron chi connectivity index (χ1n) is 6.46. The summed E-state index contributed by atoms with van der Waals surface area (Å²) >= 11 is 0. The van der Waals surface area contributed by atoms with Gasteiger partial charge in [0.2, 0.25) is 15.9 Å². The molecule has 20 heavy (non-hydrogen) atoms. The summed E-state index contributed by atoms with van der Waals surface area (Å²) in [5.41, 5.74) is 1.12. The minimum atomic E-state index is -3.32. The summed E-state index contributed by atoms with van der Waals surface area (Å²) in [7, 11) is -3.32. The summed E-state index contributed by atoms with van der Waals surface area (Å²) in [6, 6.07) is 4.98. The molecule has 6 nitrogen and oxygen atoms in total. The Morgan fingerprint density at radius 1 is 1.45 bits per heavy atom. The van der Waals surface area contributed by atoms with Crippen LogP contribution in [0, 0.1) is 0 Å². The van der Waals surface area contributed by atoms with E-state index in [4.69, 9.17) is 4.74 Å². The molecule has 1 aliphatic rings. The molecule has 1 amide bonds. The van der Waals surface area contributed by atoms with E-state index in [0.717, 1.165) is 6.42 Å². The highest BCUT2D eigenvalue weighted by Gasteiger charge is 2.25. The minimum absolute atomic E-state index is 0.0665. The molecular formula is C13H18N2O4S. The highest BCUT2D eigenvalue weighted by molar-refractivity contribution is 7.92. The molecule has 0 saturated heterocycles. The van der Waals surface area contributed by atoms with Crippen LogP contribution in [0.4, 0.5) is 11.4 Å². The number of hydrogen-bond donors (Lipinski definition) is 1. The van der Waals surface area contributed by atoms with Gasteiger partial charge in [0.25, 0.3) is 0 Å². The fourth-order valence-corrected chi connectivity index (χ4v) is 2.98. The maximum atomic E-state index is 11.7. The normalized spacial score (nSPS) is 14.4. The van der Waals surface area contributed by atoms with Gasteiger partial charge < -0.3 is 10.1 Å². The van der Waals surface area contributed by atoms with Gasteiger partial charge in [-0.2, -0.15) is 0 Å². The molecule has 1 N–H and O–H groups in total. The third-order valence-corrected chi connectivity index (χ3v) is 4.12. The molecule has 0 unspecified atom stereocenters. The molecule has 1 aliphatic heterocycles. The molecule has 0 saturated carbocycles. The second-order valence-electron chi connectivity index (χ2n) is 4.66. The monoisotopic (exact) mass is 298 g/mol. The van der Waals surface area contributed by atoms with E-state index in [0.29, 0.717) is 36.7 Å². The Bertz CT molecular complexity index is 613. The molecule has 0 fully saturated rings. The molecule has 2 rings (SSSR count). The number of anilines is 2. The number of nitrogens with zero attached hydrogens (tertiary/aromatic N) is 1. The standard InChI is InChI=1S/C13H18N2O4S/c1-3-4-13(16)14-10-5-6-11-12(9-10)19-8-7-15(11)20(2,17)18/h5-6,9H,3-4,7-8H2,1-2H3,(H,14,16). The Labute approximate surface area is 118 Å². The molecule has 0 atom stereocenters. The lowest BCUT2D eigenvalue weighted by atomic mass is 10.2. The highest BCUT2D eigenvalue weighted by atomic mass is 32.2. The van der Waals surface area contributed by atoms with Gasteiger partial charge in [-0.25, -0.2) is 8.42 Å². The predicted molar refractivity (Wildman–Crippen MR) is 77.7 cm³/mol. The lowest BCUT2D eigenvalue weighted by Gasteiger charge is -2.29. The number of sulfonamides is 1. The summed E-state index contributed by atoms with van der Waals surface area (Å²) < 4.78 is 30.2. The molecule has 1 heterocycles. The van der Waals surface area contributed by atoms with Gasteiger partial charge in [-0.1, -0.05) is 6.92 Å². The van der Waals surface area contributed by atoms with E-state index < -0.39 is 10.0 Å². The van der Waals surface area contributed by atoms with Crippen molar-refractivity contribution >= 4 is 27.3 Å². The first-order chi connectivity index (χ1) is 9.41. The van der Waals surface area contributed by atoms with Crippen LogP contribution in [-0.2, 0) is 14.8 Å². The molecule has 0 radical (unpaired) electrons. The van der Waals surface area contributed by atoms with Crippen molar-refractivity contribution in [3.8, 4) is 5.75 Å². The first kappa shape index (κ1) is 14.6. The van der Waals surface area contributed by atoms with Crippen LogP contribution in [0.15, 0.2) is 18.2 Å². The number of amides is 1. The number of rotatable bonds is 4. The van der Waals surface area contributed by atoms with Gasteiger partial charge in [0, 0.05) is 18.2 Å². The molecule has 1 aromatic rings. The SMILES string of the molecule is CCCC(=O)Nc1ccc2c(c1)OCCN2S(C)(=O)=O. The molecule has 7 heteroatoms. The van der Waals surface area contributed by atoms with E-state index in [1.54, 1.807) is 18.2 Å². The van der Waals surface area contributed by atoms with Gasteiger partial charge in [0.1, 0.15) is 12.4 Å². The molecular weight excluding hydrogens is 280 g/mol. The fraction of sp³-hybridized carbons (Fsp3) is 0.462. The topological polar surface area (TPSA) is 75.7 Å². The van der Waals surface area contributed by atoms with Crippen LogP contribution >= 0.6 is 0 Å². The largest absolute Gasteiger partial charge is 0.489 e. The van der Waals surface area contributed by atoms with Crippen LogP contribution in [0.1, 0.15) is 19.8 Å². The zero-order valence-corrected chi connectivity index (χ0v) is 12.4. The van der Waals surface area contributed by atoms with Crippen molar-refractivity contribution in [2.75, 3.05) is 29.0 Å². The average molecular weight is 298 g/mol. The van der Waals surface area contributed by atoms with Crippen molar-refractivity contribution in [2.45, 2.75) is 19.8 Å². The fourth-order valence-electron chi connectivity index (χ4n) is 2.07. The van der Waals surface area contributed by atoms with E-state index >= 15 is 0 Å². The van der Waals surface area contributed by atoms with E-state index in [9.17, 15) is 13.2 Å². The van der Waals surface area contributed by atoms with Crippen LogP contribution in [0.3, 0.4) is 0 Å². The smallest absolute Gasteiger partial charge is 0.232 e. The number of carbonyl (C=O) groups excluding carboxylic acids is 1. The van der Waals surface area contributed by atoms with E-state index in [-0.39, 0.29) is 5.91 Å². The summed E-state index contributed by atoms with van der Waals surface area (Å²) in [4.78, 5) is 11.5. The quantitative estimate of drug-likeness (QED) is 0.915. The Hall–Kier alpha value is -1.76. The third kappa shape index (κ3) is 3.22. The Morgan fingerprint density at radius 3 is 2.85 bits per heavy atom. The zero-order chi connectivity index (χ0) is 14.8. The molecule has 1 aromatic carbocycles. The summed E-state index contributed by atoms with van der Waals surface area (Å²) in [5.74, 6) is 0.402. The van der Waals surface area contributed by atoms with Crippen molar-refractivity contribution in [3.63, 3.8) is 0 Å². The van der Waals surface area contributed by atoms with E-state index in [1.165, 1.54) is 10.6 Å². The second kappa shape index (κ2) is 5.70. The number of nitrogens with one attached hydrogen (secondary N) is 1. The van der Waals surface area contributed by atoms with Gasteiger partial charge in [-0.15, -0.1) is 0 Å². The first-order valence-corrected chi connectivity index (χ1v) is 8.31. The highest BCUT2D eigenvalue weighted by Crippen LogP contribution is 2.35. The van der Waals surface area contributed by atoms with Crippen LogP contribution in [-0.4, -0.2) is 33.7 Å². The Balaban J connectivity index is 2.26. The van der Waals surface area contributed by atoms with Crippen LogP contribution in [0.25, 0.3) is 0 Å². The predicted octanol–water partition coefficient (Wildman–Crippen LogP) is 1.58. The van der Waals surface area contributed by atoms with Gasteiger partial charge in [0.15, 0.2) is 0 Å². The number of ether oxygens (including phenoxy) is 1. The van der Waals surface area contributed by atoms with Gasteiger partial charge in [-0.05, 0) is 18.6 Å². The molecule has 0 aromatic heterocycles. The Morgan fingerprint density at radius 2 is 2.20 bits per heavy atom. The lowest BCUT2D eigenvalue weighted by molar-refractivity contribution is -0.116. The second-order valence-corrected chi connectivity index (χ2v) is 6.57. The summed E-state index contributed by atoms with van der Waals surface area (Å²) in [6.45, 7) is 2.53. The minimum Gasteiger partial charge on any atom is -0.489 e. The van der Waals surface area contributed by atoms with Crippen molar-refractivity contribution < 1.29 is 17.9 Å². The van der Waals surface area contributed by atoms with E-state index in [2.05, 4.69) is 5.32 Å². The Kier molecular flexibility index (Phi) is 4.17. The van der Waals surface area contributed by atoms with Crippen molar-refractivity contribution in [1.29, 1.82) is 0 Å². The van der Waals surface area contributed by atoms with Gasteiger partial charge in [-0.3, -0.25) is 9.10 Å². The van der Waals surface area contributed by atoms with Crippen molar-refractivity contribution in [2.24, 2.45) is 0 Å². The maximum Gasteiger partial charge on any atom is 0.232 e. The van der Waals surface area contributed by atoms with Crippen LogP contribution in [0.2, 0.25) is 0 Å². The van der Waals surface area contributed by atoms with Gasteiger partial charge >= 0.3 is 0 Å². The summed E-state index contributed by atoms with van der Waals surface area (Å²) in [6.07, 6.45) is 2.39. The van der Waals surface area contributed by atoms with Crippen molar-refractivity contribution in [1.82, 2.24) is 0 Å². The maximum absolute atomic E-state index is 11.7. The average Bonchev–Trinajstić information content (AvgIpc) is 2.37. The molecule has 0 bridgehead atoms. The molecule has 0 spiro atoms. The lowest BCUT2D eigenvalue weighted by Crippen LogP contribution is -2.37. The third-order valence-electron chi connectivity index (χ3n) is 2.94. The number of fused-ring (bicyclic) bond motifs is 1. The number of benzene rings is 1. The van der Waals surface area contributed by atoms with Crippen LogP contribution < -0.4 is 14.4 Å². The van der Waals surface area contributed by atoms with E-state index in [1.807, 2.05) is 6.92 Å². The number of hydrogen-bond acceptors (Lipinski definition) is 4. The zero-order valence-electron chi connectivity index (χ0n) is 11.5. The van der Waals surface area contributed by atoms with Crippen molar-refractivity contribution in [3.05, 3.63) is 18.2 Å². The summed E-state index contributed by atoms with van der Waals surface area (Å²) in [5, 5.41) is 2.76. The number of carbonyl (C=O) groups is 1. The molecule has 110 valence electrons. The van der Waals surface area contributed by atoms with Crippen LogP contribution in [0.5, 0.6) is 5.75 Å². The van der Waals surface area contributed by atoms with Gasteiger partial charge in [0.05, 0.1) is 18.5 Å². The molecule has 0 aliphatic carbocycles.